The SMILES string of the molecule is Cc1cccc(C(=O)Nc2ccccc2C(=O)NCC2CCCO2)c1. The number of para-hydroxylation sites is 1. The lowest BCUT2D eigenvalue weighted by atomic mass is 10.1. The minimum atomic E-state index is -0.233. The largest absolute Gasteiger partial charge is 0.376 e. The maximum absolute atomic E-state index is 12.5. The van der Waals surface area contributed by atoms with Gasteiger partial charge in [-0.05, 0) is 44.0 Å². The van der Waals surface area contributed by atoms with Crippen molar-refractivity contribution in [1.82, 2.24) is 5.32 Å². The summed E-state index contributed by atoms with van der Waals surface area (Å²) in [7, 11) is 0. The van der Waals surface area contributed by atoms with E-state index in [-0.39, 0.29) is 17.9 Å². The van der Waals surface area contributed by atoms with Crippen LogP contribution in [0.5, 0.6) is 0 Å². The zero-order valence-corrected chi connectivity index (χ0v) is 14.2. The van der Waals surface area contributed by atoms with Gasteiger partial charge in [0.05, 0.1) is 17.4 Å². The standard InChI is InChI=1S/C20H22N2O3/c1-14-6-4-7-15(12-14)19(23)22-18-10-3-2-9-17(18)20(24)21-13-16-8-5-11-25-16/h2-4,6-7,9-10,12,16H,5,8,11,13H2,1H3,(H,21,24)(H,22,23). The van der Waals surface area contributed by atoms with E-state index in [1.807, 2.05) is 25.1 Å². The molecule has 5 heteroatoms. The highest BCUT2D eigenvalue weighted by Gasteiger charge is 2.18. The molecule has 2 aromatic carbocycles. The Hall–Kier alpha value is -2.66. The number of aryl methyl sites for hydroxylation is 1. The molecule has 0 aliphatic carbocycles. The lowest BCUT2D eigenvalue weighted by Gasteiger charge is -2.14. The molecule has 0 radical (unpaired) electrons. The second-order valence-electron chi connectivity index (χ2n) is 6.21. The van der Waals surface area contributed by atoms with Crippen molar-refractivity contribution in [1.29, 1.82) is 0 Å². The van der Waals surface area contributed by atoms with Crippen LogP contribution in [0.15, 0.2) is 48.5 Å². The van der Waals surface area contributed by atoms with Crippen LogP contribution < -0.4 is 10.6 Å². The highest BCUT2D eigenvalue weighted by molar-refractivity contribution is 6.09. The van der Waals surface area contributed by atoms with Crippen LogP contribution in [-0.2, 0) is 4.74 Å². The summed E-state index contributed by atoms with van der Waals surface area (Å²) in [6.45, 7) is 3.17. The highest BCUT2D eigenvalue weighted by atomic mass is 16.5. The van der Waals surface area contributed by atoms with Gasteiger partial charge in [0.1, 0.15) is 0 Å². The van der Waals surface area contributed by atoms with E-state index < -0.39 is 0 Å². The first-order valence-electron chi connectivity index (χ1n) is 8.50. The maximum Gasteiger partial charge on any atom is 0.255 e. The van der Waals surface area contributed by atoms with Crippen LogP contribution in [0, 0.1) is 6.92 Å². The molecule has 1 saturated heterocycles. The summed E-state index contributed by atoms with van der Waals surface area (Å²) in [5.41, 5.74) is 2.52. The van der Waals surface area contributed by atoms with Crippen LogP contribution in [0.2, 0.25) is 0 Å². The van der Waals surface area contributed by atoms with Crippen molar-refractivity contribution in [3.63, 3.8) is 0 Å². The number of ether oxygens (including phenoxy) is 1. The van der Waals surface area contributed by atoms with E-state index >= 15 is 0 Å². The van der Waals surface area contributed by atoms with E-state index in [0.717, 1.165) is 25.0 Å². The quantitative estimate of drug-likeness (QED) is 0.880. The molecule has 1 unspecified atom stereocenters. The number of amides is 2. The summed E-state index contributed by atoms with van der Waals surface area (Å²) in [4.78, 5) is 24.9. The van der Waals surface area contributed by atoms with E-state index in [9.17, 15) is 9.59 Å². The third-order valence-corrected chi connectivity index (χ3v) is 4.21. The predicted molar refractivity (Wildman–Crippen MR) is 96.9 cm³/mol. The van der Waals surface area contributed by atoms with Crippen molar-refractivity contribution in [2.45, 2.75) is 25.9 Å². The Morgan fingerprint density at radius 1 is 1.12 bits per heavy atom. The van der Waals surface area contributed by atoms with Gasteiger partial charge in [0.2, 0.25) is 0 Å². The van der Waals surface area contributed by atoms with Crippen molar-refractivity contribution in [2.75, 3.05) is 18.5 Å². The van der Waals surface area contributed by atoms with Crippen molar-refractivity contribution >= 4 is 17.5 Å². The van der Waals surface area contributed by atoms with Crippen molar-refractivity contribution in [3.05, 3.63) is 65.2 Å². The topological polar surface area (TPSA) is 67.4 Å². The van der Waals surface area contributed by atoms with Gasteiger partial charge in [0, 0.05) is 18.7 Å². The Kier molecular flexibility index (Phi) is 5.46. The van der Waals surface area contributed by atoms with Crippen LogP contribution in [0.3, 0.4) is 0 Å². The number of carbonyl (C=O) groups excluding carboxylic acids is 2. The second-order valence-corrected chi connectivity index (χ2v) is 6.21. The summed E-state index contributed by atoms with van der Waals surface area (Å²) >= 11 is 0. The fraction of sp³-hybridized carbons (Fsp3) is 0.300. The Morgan fingerprint density at radius 3 is 2.72 bits per heavy atom. The monoisotopic (exact) mass is 338 g/mol. The molecular formula is C20H22N2O3. The number of anilines is 1. The first-order valence-corrected chi connectivity index (χ1v) is 8.50. The van der Waals surface area contributed by atoms with E-state index in [0.29, 0.717) is 23.4 Å². The van der Waals surface area contributed by atoms with Crippen LogP contribution >= 0.6 is 0 Å². The van der Waals surface area contributed by atoms with Gasteiger partial charge < -0.3 is 15.4 Å². The van der Waals surface area contributed by atoms with Gasteiger partial charge in [0.25, 0.3) is 11.8 Å². The van der Waals surface area contributed by atoms with Gasteiger partial charge in [0.15, 0.2) is 0 Å². The predicted octanol–water partition coefficient (Wildman–Crippen LogP) is 3.16. The molecule has 1 aliphatic rings. The molecule has 2 N–H and O–H groups in total. The maximum atomic E-state index is 12.5. The van der Waals surface area contributed by atoms with Gasteiger partial charge in [-0.3, -0.25) is 9.59 Å². The van der Waals surface area contributed by atoms with Crippen LogP contribution in [0.1, 0.15) is 39.1 Å². The molecule has 0 saturated carbocycles. The third kappa shape index (κ3) is 4.45. The number of nitrogens with one attached hydrogen (secondary N) is 2. The summed E-state index contributed by atoms with van der Waals surface area (Å²) in [5.74, 6) is -0.446. The molecule has 0 bridgehead atoms. The number of hydrogen-bond donors (Lipinski definition) is 2. The average Bonchev–Trinajstić information content (AvgIpc) is 3.13. The number of carbonyl (C=O) groups is 2. The fourth-order valence-electron chi connectivity index (χ4n) is 2.88. The molecule has 5 nitrogen and oxygen atoms in total. The molecule has 1 fully saturated rings. The molecule has 3 rings (SSSR count). The van der Waals surface area contributed by atoms with Gasteiger partial charge in [-0.25, -0.2) is 0 Å². The van der Waals surface area contributed by atoms with Gasteiger partial charge >= 0.3 is 0 Å². The highest BCUT2D eigenvalue weighted by Crippen LogP contribution is 2.17. The smallest absolute Gasteiger partial charge is 0.255 e. The Bertz CT molecular complexity index is 767. The Labute approximate surface area is 147 Å². The van der Waals surface area contributed by atoms with Crippen LogP contribution in [0.4, 0.5) is 5.69 Å². The molecule has 1 atom stereocenters. The molecule has 130 valence electrons. The van der Waals surface area contributed by atoms with E-state index in [2.05, 4.69) is 10.6 Å². The minimum absolute atomic E-state index is 0.0815. The van der Waals surface area contributed by atoms with Crippen LogP contribution in [-0.4, -0.2) is 31.1 Å². The van der Waals surface area contributed by atoms with Gasteiger partial charge in [-0.15, -0.1) is 0 Å². The number of hydrogen-bond acceptors (Lipinski definition) is 3. The van der Waals surface area contributed by atoms with E-state index in [4.69, 9.17) is 4.74 Å². The summed E-state index contributed by atoms with van der Waals surface area (Å²) in [6.07, 6.45) is 2.08. The van der Waals surface area contributed by atoms with Gasteiger partial charge in [-0.1, -0.05) is 29.8 Å². The molecule has 25 heavy (non-hydrogen) atoms. The minimum Gasteiger partial charge on any atom is -0.376 e. The molecule has 2 amide bonds. The fourth-order valence-corrected chi connectivity index (χ4v) is 2.88. The lowest BCUT2D eigenvalue weighted by molar-refractivity contribution is 0.0858. The van der Waals surface area contributed by atoms with Crippen LogP contribution in [0.25, 0.3) is 0 Å². The number of rotatable bonds is 5. The zero-order chi connectivity index (χ0) is 17.6. The average molecular weight is 338 g/mol. The second kappa shape index (κ2) is 7.94. The zero-order valence-electron chi connectivity index (χ0n) is 14.2. The van der Waals surface area contributed by atoms with Crippen molar-refractivity contribution < 1.29 is 14.3 Å². The molecule has 1 aliphatic heterocycles. The summed E-state index contributed by atoms with van der Waals surface area (Å²) in [5, 5.41) is 5.72. The Balaban J connectivity index is 1.69. The van der Waals surface area contributed by atoms with Crippen molar-refractivity contribution in [2.24, 2.45) is 0 Å². The van der Waals surface area contributed by atoms with E-state index in [1.54, 1.807) is 30.3 Å². The third-order valence-electron chi connectivity index (χ3n) is 4.21. The number of benzene rings is 2. The lowest BCUT2D eigenvalue weighted by Crippen LogP contribution is -2.32. The summed E-state index contributed by atoms with van der Waals surface area (Å²) in [6, 6.07) is 14.4. The molecule has 1 heterocycles. The first-order chi connectivity index (χ1) is 12.1. The molecule has 2 aromatic rings. The summed E-state index contributed by atoms with van der Waals surface area (Å²) < 4.78 is 5.52. The van der Waals surface area contributed by atoms with E-state index in [1.165, 1.54) is 0 Å². The Morgan fingerprint density at radius 2 is 1.96 bits per heavy atom. The van der Waals surface area contributed by atoms with Crippen molar-refractivity contribution in [3.8, 4) is 0 Å². The first kappa shape index (κ1) is 17.2. The van der Waals surface area contributed by atoms with Gasteiger partial charge in [-0.2, -0.15) is 0 Å². The molecular weight excluding hydrogens is 316 g/mol. The normalized spacial score (nSPS) is 16.4. The molecule has 0 aromatic heterocycles. The molecule has 0 spiro atoms.